The lowest BCUT2D eigenvalue weighted by Crippen LogP contribution is -2.22. The van der Waals surface area contributed by atoms with E-state index in [0.29, 0.717) is 18.0 Å². The molecule has 0 saturated heterocycles. The van der Waals surface area contributed by atoms with Crippen LogP contribution in [0.4, 0.5) is 27.3 Å². The lowest BCUT2D eigenvalue weighted by atomic mass is 10.2. The standard InChI is InChI=1S/C22H19FN4O6/c1-2-32-16-8-5-14(6-9-16)25-21-17(4-3-11-24-21)22(29)33-13-20(28)26-19-12-15(27(30)31)7-10-18(19)23/h3-12H,2,13H2,1H3,(H,24,25)(H,26,28). The second kappa shape index (κ2) is 10.7. The number of carbonyl (C=O) groups excluding carboxylic acids is 2. The average Bonchev–Trinajstić information content (AvgIpc) is 2.80. The number of esters is 1. The number of rotatable bonds is 9. The third kappa shape index (κ3) is 6.23. The largest absolute Gasteiger partial charge is 0.494 e. The van der Waals surface area contributed by atoms with E-state index in [1.165, 1.54) is 18.3 Å². The fraction of sp³-hybridized carbons (Fsp3) is 0.136. The van der Waals surface area contributed by atoms with Crippen molar-refractivity contribution in [1.29, 1.82) is 0 Å². The Labute approximate surface area is 187 Å². The van der Waals surface area contributed by atoms with Gasteiger partial charge in [0, 0.05) is 24.0 Å². The third-order valence-electron chi connectivity index (χ3n) is 4.22. The van der Waals surface area contributed by atoms with Gasteiger partial charge >= 0.3 is 5.97 Å². The van der Waals surface area contributed by atoms with Gasteiger partial charge in [-0.05, 0) is 49.4 Å². The normalized spacial score (nSPS) is 10.2. The number of halogens is 1. The molecule has 11 heteroatoms. The summed E-state index contributed by atoms with van der Waals surface area (Å²) in [6.45, 7) is 1.67. The Kier molecular flexibility index (Phi) is 7.47. The van der Waals surface area contributed by atoms with Gasteiger partial charge in [0.05, 0.1) is 17.2 Å². The number of nitrogens with zero attached hydrogens (tertiary/aromatic N) is 2. The number of anilines is 3. The summed E-state index contributed by atoms with van der Waals surface area (Å²) in [6, 6.07) is 12.7. The number of hydrogen-bond donors (Lipinski definition) is 2. The van der Waals surface area contributed by atoms with Gasteiger partial charge in [-0.1, -0.05) is 0 Å². The molecule has 0 aliphatic rings. The predicted molar refractivity (Wildman–Crippen MR) is 117 cm³/mol. The lowest BCUT2D eigenvalue weighted by molar-refractivity contribution is -0.384. The Balaban J connectivity index is 1.63. The molecule has 33 heavy (non-hydrogen) atoms. The molecule has 170 valence electrons. The summed E-state index contributed by atoms with van der Waals surface area (Å²) in [5.74, 6) is -1.68. The van der Waals surface area contributed by atoms with E-state index in [2.05, 4.69) is 15.6 Å². The minimum atomic E-state index is -0.868. The molecule has 1 aromatic heterocycles. The van der Waals surface area contributed by atoms with Crippen LogP contribution in [-0.4, -0.2) is 35.0 Å². The minimum absolute atomic E-state index is 0.0701. The van der Waals surface area contributed by atoms with Crippen LogP contribution in [-0.2, 0) is 9.53 Å². The smallest absolute Gasteiger partial charge is 0.342 e. The van der Waals surface area contributed by atoms with Crippen molar-refractivity contribution < 1.29 is 28.4 Å². The van der Waals surface area contributed by atoms with Gasteiger partial charge in [0.1, 0.15) is 22.9 Å². The van der Waals surface area contributed by atoms with Crippen LogP contribution in [0.2, 0.25) is 0 Å². The van der Waals surface area contributed by atoms with E-state index in [-0.39, 0.29) is 11.4 Å². The predicted octanol–water partition coefficient (Wildman–Crippen LogP) is 4.07. The molecule has 0 atom stereocenters. The van der Waals surface area contributed by atoms with Gasteiger partial charge in [0.15, 0.2) is 6.61 Å². The van der Waals surface area contributed by atoms with E-state index in [0.717, 1.165) is 18.2 Å². The van der Waals surface area contributed by atoms with Crippen LogP contribution >= 0.6 is 0 Å². The second-order valence-corrected chi connectivity index (χ2v) is 6.53. The molecule has 0 spiro atoms. The van der Waals surface area contributed by atoms with E-state index in [1.807, 2.05) is 6.92 Å². The van der Waals surface area contributed by atoms with Crippen LogP contribution in [0.1, 0.15) is 17.3 Å². The molecular weight excluding hydrogens is 435 g/mol. The summed E-state index contributed by atoms with van der Waals surface area (Å²) >= 11 is 0. The third-order valence-corrected chi connectivity index (χ3v) is 4.22. The van der Waals surface area contributed by atoms with Crippen molar-refractivity contribution in [1.82, 2.24) is 4.98 Å². The molecule has 0 aliphatic heterocycles. The first kappa shape index (κ1) is 23.1. The molecule has 10 nitrogen and oxygen atoms in total. The molecule has 0 fully saturated rings. The number of non-ortho nitro benzene ring substituents is 1. The fourth-order valence-electron chi connectivity index (χ4n) is 2.73. The van der Waals surface area contributed by atoms with Crippen LogP contribution in [0, 0.1) is 15.9 Å². The summed E-state index contributed by atoms with van der Waals surface area (Å²) in [4.78, 5) is 38.8. The van der Waals surface area contributed by atoms with Gasteiger partial charge < -0.3 is 20.1 Å². The highest BCUT2D eigenvalue weighted by atomic mass is 19.1. The van der Waals surface area contributed by atoms with Crippen molar-refractivity contribution in [3.63, 3.8) is 0 Å². The first-order valence-electron chi connectivity index (χ1n) is 9.73. The first-order chi connectivity index (χ1) is 15.9. The maximum Gasteiger partial charge on any atom is 0.342 e. The van der Waals surface area contributed by atoms with Gasteiger partial charge in [0.25, 0.3) is 11.6 Å². The van der Waals surface area contributed by atoms with E-state index in [1.54, 1.807) is 24.3 Å². The number of nitro benzene ring substituents is 1. The highest BCUT2D eigenvalue weighted by Gasteiger charge is 2.17. The van der Waals surface area contributed by atoms with Gasteiger partial charge in [-0.15, -0.1) is 0 Å². The lowest BCUT2D eigenvalue weighted by Gasteiger charge is -2.11. The fourth-order valence-corrected chi connectivity index (χ4v) is 2.73. The zero-order valence-electron chi connectivity index (χ0n) is 17.4. The average molecular weight is 454 g/mol. The zero-order valence-corrected chi connectivity index (χ0v) is 17.4. The molecule has 2 aromatic carbocycles. The second-order valence-electron chi connectivity index (χ2n) is 6.53. The zero-order chi connectivity index (χ0) is 23.8. The van der Waals surface area contributed by atoms with Crippen molar-refractivity contribution in [2.45, 2.75) is 6.92 Å². The number of nitro groups is 1. The van der Waals surface area contributed by atoms with Crippen LogP contribution in [0.3, 0.4) is 0 Å². The van der Waals surface area contributed by atoms with Crippen molar-refractivity contribution in [2.75, 3.05) is 23.8 Å². The molecule has 1 heterocycles. The molecule has 3 rings (SSSR count). The van der Waals surface area contributed by atoms with Crippen molar-refractivity contribution in [3.8, 4) is 5.75 Å². The molecule has 0 aliphatic carbocycles. The summed E-state index contributed by atoms with van der Waals surface area (Å²) in [5, 5.41) is 16.0. The maximum absolute atomic E-state index is 13.8. The van der Waals surface area contributed by atoms with E-state index in [9.17, 15) is 24.1 Å². The Morgan fingerprint density at radius 3 is 2.61 bits per heavy atom. The Bertz CT molecular complexity index is 1170. The van der Waals surface area contributed by atoms with E-state index in [4.69, 9.17) is 9.47 Å². The van der Waals surface area contributed by atoms with Gasteiger partial charge in [-0.25, -0.2) is 14.2 Å². The quantitative estimate of drug-likeness (QED) is 0.281. The minimum Gasteiger partial charge on any atom is -0.494 e. The highest BCUT2D eigenvalue weighted by Crippen LogP contribution is 2.23. The molecule has 0 bridgehead atoms. The molecule has 0 saturated carbocycles. The van der Waals surface area contributed by atoms with Crippen LogP contribution in [0.5, 0.6) is 5.75 Å². The number of carbonyl (C=O) groups is 2. The maximum atomic E-state index is 13.8. The number of hydrogen-bond acceptors (Lipinski definition) is 8. The first-order valence-corrected chi connectivity index (χ1v) is 9.73. The molecule has 0 unspecified atom stereocenters. The summed E-state index contributed by atoms with van der Waals surface area (Å²) < 4.78 is 24.2. The van der Waals surface area contributed by atoms with Gasteiger partial charge in [0.2, 0.25) is 0 Å². The summed E-state index contributed by atoms with van der Waals surface area (Å²) in [7, 11) is 0. The van der Waals surface area contributed by atoms with Crippen LogP contribution < -0.4 is 15.4 Å². The van der Waals surface area contributed by atoms with E-state index < -0.39 is 40.6 Å². The Morgan fingerprint density at radius 1 is 1.15 bits per heavy atom. The molecule has 1 amide bonds. The SMILES string of the molecule is CCOc1ccc(Nc2ncccc2C(=O)OCC(=O)Nc2cc([N+](=O)[O-])ccc2F)cc1. The van der Waals surface area contributed by atoms with Crippen molar-refractivity contribution >= 4 is 34.8 Å². The number of amides is 1. The monoisotopic (exact) mass is 454 g/mol. The van der Waals surface area contributed by atoms with Gasteiger partial charge in [-0.2, -0.15) is 0 Å². The van der Waals surface area contributed by atoms with Crippen molar-refractivity contribution in [2.24, 2.45) is 0 Å². The number of nitrogens with one attached hydrogen (secondary N) is 2. The number of pyridine rings is 1. The molecular formula is C22H19FN4O6. The molecule has 0 radical (unpaired) electrons. The summed E-state index contributed by atoms with van der Waals surface area (Å²) in [5.41, 5.74) is -0.0839. The number of ether oxygens (including phenoxy) is 2. The highest BCUT2D eigenvalue weighted by molar-refractivity contribution is 5.98. The van der Waals surface area contributed by atoms with E-state index >= 15 is 0 Å². The van der Waals surface area contributed by atoms with Crippen LogP contribution in [0.25, 0.3) is 0 Å². The summed E-state index contributed by atoms with van der Waals surface area (Å²) in [6.07, 6.45) is 1.48. The number of aromatic nitrogens is 1. The molecule has 3 aromatic rings. The Morgan fingerprint density at radius 2 is 1.91 bits per heavy atom. The Hall–Kier alpha value is -4.54. The topological polar surface area (TPSA) is 133 Å². The number of benzene rings is 2. The van der Waals surface area contributed by atoms with Crippen molar-refractivity contribution in [3.05, 3.63) is 82.3 Å². The molecule has 2 N–H and O–H groups in total. The van der Waals surface area contributed by atoms with Gasteiger partial charge in [-0.3, -0.25) is 14.9 Å². The van der Waals surface area contributed by atoms with Crippen LogP contribution in [0.15, 0.2) is 60.8 Å².